The summed E-state index contributed by atoms with van der Waals surface area (Å²) in [5.74, 6) is 1.42. The van der Waals surface area contributed by atoms with E-state index in [1.807, 2.05) is 42.5 Å². The number of nitrogen functional groups attached to an aromatic ring is 1. The molecule has 0 spiro atoms. The molecular formula is C17H16ClN5O. The molecule has 0 aliphatic rings. The van der Waals surface area contributed by atoms with Crippen molar-refractivity contribution in [2.45, 2.75) is 6.04 Å². The molecule has 24 heavy (non-hydrogen) atoms. The summed E-state index contributed by atoms with van der Waals surface area (Å²) in [5, 5.41) is 3.57. The Morgan fingerprint density at radius 1 is 1.12 bits per heavy atom. The lowest BCUT2D eigenvalue weighted by Crippen LogP contribution is -2.15. The van der Waals surface area contributed by atoms with Crippen molar-refractivity contribution in [3.63, 3.8) is 0 Å². The molecule has 1 atom stereocenters. The molecule has 122 valence electrons. The number of rotatable bonds is 5. The average molecular weight is 342 g/mol. The minimum Gasteiger partial charge on any atom is -0.497 e. The molecule has 0 aliphatic carbocycles. The van der Waals surface area contributed by atoms with E-state index in [-0.39, 0.29) is 16.9 Å². The Bertz CT molecular complexity index is 828. The molecule has 0 amide bonds. The SMILES string of the molecule is COc1cccc(C(Nc2ncnc(N)c2Cl)c2ccccn2)c1. The predicted octanol–water partition coefficient (Wildman–Crippen LogP) is 3.32. The molecule has 1 unspecified atom stereocenters. The van der Waals surface area contributed by atoms with E-state index in [1.54, 1.807) is 13.3 Å². The highest BCUT2D eigenvalue weighted by molar-refractivity contribution is 6.35. The van der Waals surface area contributed by atoms with E-state index in [0.717, 1.165) is 17.0 Å². The van der Waals surface area contributed by atoms with Gasteiger partial charge in [-0.25, -0.2) is 9.97 Å². The van der Waals surface area contributed by atoms with Crippen LogP contribution >= 0.6 is 11.6 Å². The molecule has 0 radical (unpaired) electrons. The van der Waals surface area contributed by atoms with E-state index in [2.05, 4.69) is 20.3 Å². The first-order valence-electron chi connectivity index (χ1n) is 7.26. The number of halogens is 1. The smallest absolute Gasteiger partial charge is 0.151 e. The molecule has 0 saturated heterocycles. The second-order valence-electron chi connectivity index (χ2n) is 5.03. The van der Waals surface area contributed by atoms with Crippen molar-refractivity contribution in [3.05, 3.63) is 71.3 Å². The summed E-state index contributed by atoms with van der Waals surface area (Å²) in [6, 6.07) is 13.2. The van der Waals surface area contributed by atoms with Gasteiger partial charge in [-0.1, -0.05) is 29.8 Å². The summed E-state index contributed by atoms with van der Waals surface area (Å²) in [6.45, 7) is 0. The molecule has 0 bridgehead atoms. The van der Waals surface area contributed by atoms with Crippen LogP contribution in [0, 0.1) is 0 Å². The van der Waals surface area contributed by atoms with Gasteiger partial charge >= 0.3 is 0 Å². The van der Waals surface area contributed by atoms with Gasteiger partial charge in [0.2, 0.25) is 0 Å². The maximum absolute atomic E-state index is 6.21. The average Bonchev–Trinajstić information content (AvgIpc) is 2.63. The Kier molecular flexibility index (Phi) is 4.77. The number of nitrogens with one attached hydrogen (secondary N) is 1. The van der Waals surface area contributed by atoms with Gasteiger partial charge in [0.25, 0.3) is 0 Å². The maximum Gasteiger partial charge on any atom is 0.151 e. The predicted molar refractivity (Wildman–Crippen MR) is 94.2 cm³/mol. The van der Waals surface area contributed by atoms with Crippen LogP contribution in [0.1, 0.15) is 17.3 Å². The van der Waals surface area contributed by atoms with Crippen LogP contribution in [0.15, 0.2) is 55.0 Å². The van der Waals surface area contributed by atoms with Crippen LogP contribution in [0.5, 0.6) is 5.75 Å². The fourth-order valence-electron chi connectivity index (χ4n) is 2.32. The maximum atomic E-state index is 6.21. The number of nitrogens with zero attached hydrogens (tertiary/aromatic N) is 3. The van der Waals surface area contributed by atoms with E-state index in [9.17, 15) is 0 Å². The number of hydrogen-bond donors (Lipinski definition) is 2. The van der Waals surface area contributed by atoms with Gasteiger partial charge < -0.3 is 15.8 Å². The zero-order valence-corrected chi connectivity index (χ0v) is 13.7. The van der Waals surface area contributed by atoms with Gasteiger partial charge in [0.05, 0.1) is 18.8 Å². The molecule has 3 rings (SSSR count). The number of methoxy groups -OCH3 is 1. The molecular weight excluding hydrogens is 326 g/mol. The third-order valence-corrected chi connectivity index (χ3v) is 3.88. The number of aromatic nitrogens is 3. The molecule has 0 fully saturated rings. The Balaban J connectivity index is 2.04. The quantitative estimate of drug-likeness (QED) is 0.740. The molecule has 2 heterocycles. The lowest BCUT2D eigenvalue weighted by Gasteiger charge is -2.20. The topological polar surface area (TPSA) is 86.0 Å². The van der Waals surface area contributed by atoms with Gasteiger partial charge in [0, 0.05) is 6.20 Å². The van der Waals surface area contributed by atoms with E-state index in [1.165, 1.54) is 6.33 Å². The number of hydrogen-bond acceptors (Lipinski definition) is 6. The Morgan fingerprint density at radius 2 is 2.00 bits per heavy atom. The van der Waals surface area contributed by atoms with Crippen LogP contribution < -0.4 is 15.8 Å². The fourth-order valence-corrected chi connectivity index (χ4v) is 2.47. The van der Waals surface area contributed by atoms with E-state index in [4.69, 9.17) is 22.1 Å². The number of anilines is 2. The van der Waals surface area contributed by atoms with Crippen molar-refractivity contribution >= 4 is 23.2 Å². The lowest BCUT2D eigenvalue weighted by atomic mass is 10.0. The zero-order chi connectivity index (χ0) is 16.9. The van der Waals surface area contributed by atoms with Crippen LogP contribution in [-0.4, -0.2) is 22.1 Å². The number of ether oxygens (including phenoxy) is 1. The van der Waals surface area contributed by atoms with E-state index in [0.29, 0.717) is 5.82 Å². The second-order valence-corrected chi connectivity index (χ2v) is 5.41. The van der Waals surface area contributed by atoms with Gasteiger partial charge in [0.1, 0.15) is 22.9 Å². The van der Waals surface area contributed by atoms with E-state index >= 15 is 0 Å². The van der Waals surface area contributed by atoms with Crippen molar-refractivity contribution in [2.75, 3.05) is 18.2 Å². The summed E-state index contributed by atoms with van der Waals surface area (Å²) < 4.78 is 5.31. The molecule has 3 aromatic rings. The highest BCUT2D eigenvalue weighted by Gasteiger charge is 2.19. The second kappa shape index (κ2) is 7.14. The molecule has 0 aliphatic heterocycles. The molecule has 1 aromatic carbocycles. The third kappa shape index (κ3) is 3.38. The van der Waals surface area contributed by atoms with Crippen LogP contribution in [0.3, 0.4) is 0 Å². The van der Waals surface area contributed by atoms with Crippen LogP contribution in [-0.2, 0) is 0 Å². The van der Waals surface area contributed by atoms with Crippen molar-refractivity contribution in [2.24, 2.45) is 0 Å². The molecule has 0 saturated carbocycles. The van der Waals surface area contributed by atoms with Gasteiger partial charge in [0.15, 0.2) is 5.82 Å². The summed E-state index contributed by atoms with van der Waals surface area (Å²) >= 11 is 6.21. The number of pyridine rings is 1. The molecule has 2 aromatic heterocycles. The Labute approximate surface area is 144 Å². The number of benzene rings is 1. The summed E-state index contributed by atoms with van der Waals surface area (Å²) in [5.41, 5.74) is 7.54. The monoisotopic (exact) mass is 341 g/mol. The van der Waals surface area contributed by atoms with Crippen molar-refractivity contribution in [3.8, 4) is 5.75 Å². The van der Waals surface area contributed by atoms with Gasteiger partial charge in [-0.2, -0.15) is 0 Å². The first-order chi connectivity index (χ1) is 11.7. The highest BCUT2D eigenvalue weighted by atomic mass is 35.5. The minimum atomic E-state index is -0.270. The standard InChI is InChI=1S/C17H16ClN5O/c1-24-12-6-4-5-11(9-12)15(13-7-2-3-8-20-13)23-17-14(18)16(19)21-10-22-17/h2-10,15H,1H3,(H3,19,21,22,23). The molecule has 7 heteroatoms. The third-order valence-electron chi connectivity index (χ3n) is 3.51. The zero-order valence-electron chi connectivity index (χ0n) is 13.0. The van der Waals surface area contributed by atoms with Crippen molar-refractivity contribution in [1.29, 1.82) is 0 Å². The first kappa shape index (κ1) is 16.0. The molecule has 6 nitrogen and oxygen atoms in total. The number of nitrogens with two attached hydrogens (primary N) is 1. The first-order valence-corrected chi connectivity index (χ1v) is 7.64. The summed E-state index contributed by atoms with van der Waals surface area (Å²) in [6.07, 6.45) is 3.10. The van der Waals surface area contributed by atoms with Gasteiger partial charge in [-0.3, -0.25) is 4.98 Å². The Hall–Kier alpha value is -2.86. The largest absolute Gasteiger partial charge is 0.497 e. The van der Waals surface area contributed by atoms with Crippen LogP contribution in [0.25, 0.3) is 0 Å². The van der Waals surface area contributed by atoms with Gasteiger partial charge in [-0.05, 0) is 29.8 Å². The summed E-state index contributed by atoms with van der Waals surface area (Å²) in [7, 11) is 1.63. The van der Waals surface area contributed by atoms with Gasteiger partial charge in [-0.15, -0.1) is 0 Å². The van der Waals surface area contributed by atoms with Crippen molar-refractivity contribution < 1.29 is 4.74 Å². The summed E-state index contributed by atoms with van der Waals surface area (Å²) in [4.78, 5) is 12.5. The van der Waals surface area contributed by atoms with Crippen molar-refractivity contribution in [1.82, 2.24) is 15.0 Å². The molecule has 3 N–H and O–H groups in total. The highest BCUT2D eigenvalue weighted by Crippen LogP contribution is 2.31. The Morgan fingerprint density at radius 3 is 2.75 bits per heavy atom. The fraction of sp³-hybridized carbons (Fsp3) is 0.118. The normalized spacial score (nSPS) is 11.8. The van der Waals surface area contributed by atoms with E-state index < -0.39 is 0 Å². The van der Waals surface area contributed by atoms with Crippen LogP contribution in [0.4, 0.5) is 11.6 Å². The van der Waals surface area contributed by atoms with Crippen LogP contribution in [0.2, 0.25) is 5.02 Å². The lowest BCUT2D eigenvalue weighted by molar-refractivity contribution is 0.414. The minimum absolute atomic E-state index is 0.222.